The number of aliphatic imine (C=N–C) groups is 1. The highest BCUT2D eigenvalue weighted by atomic mass is 16.5. The summed E-state index contributed by atoms with van der Waals surface area (Å²) in [6, 6.07) is 9.86. The van der Waals surface area contributed by atoms with Gasteiger partial charge in [0.05, 0.1) is 12.9 Å². The molecule has 1 aliphatic rings. The van der Waals surface area contributed by atoms with Crippen LogP contribution in [-0.4, -0.2) is 23.7 Å². The summed E-state index contributed by atoms with van der Waals surface area (Å²) in [5.74, 6) is 1.40. The van der Waals surface area contributed by atoms with Crippen LogP contribution >= 0.6 is 0 Å². The second-order valence-corrected chi connectivity index (χ2v) is 7.57. The van der Waals surface area contributed by atoms with E-state index in [-0.39, 0.29) is 11.7 Å². The van der Waals surface area contributed by atoms with Gasteiger partial charge in [0, 0.05) is 35.9 Å². The highest BCUT2D eigenvalue weighted by Crippen LogP contribution is 2.39. The third-order valence-corrected chi connectivity index (χ3v) is 5.53. The summed E-state index contributed by atoms with van der Waals surface area (Å²) in [4.78, 5) is 22.7. The van der Waals surface area contributed by atoms with Gasteiger partial charge >= 0.3 is 0 Å². The molecule has 3 rings (SSSR count). The van der Waals surface area contributed by atoms with Gasteiger partial charge in [0.2, 0.25) is 0 Å². The molecule has 5 heteroatoms. The predicted octanol–water partition coefficient (Wildman–Crippen LogP) is 4.50. The molecule has 2 atom stereocenters. The Hall–Kier alpha value is -2.69. The van der Waals surface area contributed by atoms with Gasteiger partial charge in [-0.2, -0.15) is 0 Å². The number of hydrogen-bond donors (Lipinski definition) is 1. The molecular formula is C23H29N3O2. The first-order chi connectivity index (χ1) is 13.5. The number of ether oxygens (including phenoxy) is 1. The van der Waals surface area contributed by atoms with E-state index in [1.165, 1.54) is 0 Å². The highest BCUT2D eigenvalue weighted by molar-refractivity contribution is 5.96. The second-order valence-electron chi connectivity index (χ2n) is 7.57. The molecule has 0 radical (unpaired) electrons. The number of aromatic nitrogens is 1. The monoisotopic (exact) mass is 379 g/mol. The average Bonchev–Trinajstić information content (AvgIpc) is 2.84. The smallest absolute Gasteiger partial charge is 0.167 e. The lowest BCUT2D eigenvalue weighted by molar-refractivity contribution is -0.128. The lowest BCUT2D eigenvalue weighted by atomic mass is 9.77. The first kappa shape index (κ1) is 20.1. The number of benzene rings is 1. The van der Waals surface area contributed by atoms with E-state index in [1.807, 2.05) is 43.5 Å². The van der Waals surface area contributed by atoms with E-state index in [0.29, 0.717) is 18.7 Å². The Morgan fingerprint density at radius 3 is 2.82 bits per heavy atom. The zero-order chi connectivity index (χ0) is 20.1. The van der Waals surface area contributed by atoms with E-state index in [9.17, 15) is 4.79 Å². The lowest BCUT2D eigenvalue weighted by Gasteiger charge is -2.30. The number of nitrogens with two attached hydrogens (primary N) is 1. The molecule has 2 N–H and O–H groups in total. The van der Waals surface area contributed by atoms with Crippen LogP contribution in [0.25, 0.3) is 11.1 Å². The molecule has 0 spiro atoms. The molecule has 1 aromatic carbocycles. The molecule has 1 aliphatic heterocycles. The molecule has 0 bridgehead atoms. The summed E-state index contributed by atoms with van der Waals surface area (Å²) in [5.41, 5.74) is 7.99. The Morgan fingerprint density at radius 1 is 1.25 bits per heavy atom. The van der Waals surface area contributed by atoms with Gasteiger partial charge in [-0.25, -0.2) is 0 Å². The molecule has 0 aliphatic carbocycles. The number of Topliss-reactive ketones (excluding diaryl/α,β-unsaturated/α-hetero) is 1. The van der Waals surface area contributed by atoms with Crippen LogP contribution < -0.4 is 10.5 Å². The fourth-order valence-corrected chi connectivity index (χ4v) is 3.85. The Balaban J connectivity index is 2.13. The van der Waals surface area contributed by atoms with E-state index in [1.54, 1.807) is 13.3 Å². The zero-order valence-electron chi connectivity index (χ0n) is 16.9. The zero-order valence-corrected chi connectivity index (χ0v) is 16.9. The van der Waals surface area contributed by atoms with Crippen molar-refractivity contribution in [1.29, 1.82) is 0 Å². The Morgan fingerprint density at radius 2 is 2.07 bits per heavy atom. The summed E-state index contributed by atoms with van der Waals surface area (Å²) in [6.07, 6.45) is 7.52. The molecule has 148 valence electrons. The minimum absolute atomic E-state index is 0.0814. The summed E-state index contributed by atoms with van der Waals surface area (Å²) in [7, 11) is 1.65. The van der Waals surface area contributed by atoms with Crippen LogP contribution in [0.4, 0.5) is 0 Å². The molecule has 2 aromatic rings. The van der Waals surface area contributed by atoms with Crippen molar-refractivity contribution in [1.82, 2.24) is 4.98 Å². The van der Waals surface area contributed by atoms with Crippen molar-refractivity contribution in [3.05, 3.63) is 48.3 Å². The van der Waals surface area contributed by atoms with Gasteiger partial charge in [-0.3, -0.25) is 14.8 Å². The molecular weight excluding hydrogens is 350 g/mol. The first-order valence-electron chi connectivity index (χ1n) is 9.98. The number of ketones is 1. The molecule has 1 aromatic heterocycles. The normalized spacial score (nSPS) is 22.5. The predicted molar refractivity (Wildman–Crippen MR) is 112 cm³/mol. The van der Waals surface area contributed by atoms with Crippen LogP contribution in [0.5, 0.6) is 5.75 Å². The first-order valence-corrected chi connectivity index (χ1v) is 9.98. The van der Waals surface area contributed by atoms with Crippen LogP contribution in [0, 0.1) is 5.92 Å². The van der Waals surface area contributed by atoms with Crippen molar-refractivity contribution in [2.45, 2.75) is 51.5 Å². The van der Waals surface area contributed by atoms with Gasteiger partial charge in [-0.05, 0) is 36.6 Å². The number of unbranched alkanes of at least 4 members (excludes halogenated alkanes) is 1. The van der Waals surface area contributed by atoms with Crippen molar-refractivity contribution in [3.63, 3.8) is 0 Å². The maximum atomic E-state index is 13.5. The lowest BCUT2D eigenvalue weighted by Crippen LogP contribution is -2.38. The molecule has 0 fully saturated rings. The number of pyridine rings is 1. The van der Waals surface area contributed by atoms with E-state index in [2.05, 4.69) is 11.9 Å². The number of methoxy groups -OCH3 is 1. The molecule has 28 heavy (non-hydrogen) atoms. The minimum atomic E-state index is -0.947. The van der Waals surface area contributed by atoms with Crippen LogP contribution in [0.2, 0.25) is 0 Å². The summed E-state index contributed by atoms with van der Waals surface area (Å²) in [6.45, 7) is 4.10. The number of carbonyl (C=O) groups excluding carboxylic acids is 1. The van der Waals surface area contributed by atoms with Crippen LogP contribution in [-0.2, 0) is 10.3 Å². The second kappa shape index (κ2) is 8.55. The average molecular weight is 380 g/mol. The number of carbonyl (C=O) groups is 1. The van der Waals surface area contributed by atoms with Crippen molar-refractivity contribution in [3.8, 4) is 16.9 Å². The number of amidine groups is 1. The van der Waals surface area contributed by atoms with Crippen molar-refractivity contribution in [2.75, 3.05) is 7.11 Å². The van der Waals surface area contributed by atoms with E-state index < -0.39 is 5.54 Å². The van der Waals surface area contributed by atoms with Crippen LogP contribution in [0.1, 0.15) is 51.5 Å². The van der Waals surface area contributed by atoms with Gasteiger partial charge in [0.25, 0.3) is 0 Å². The minimum Gasteiger partial charge on any atom is -0.497 e. The standard InChI is InChI=1S/C23H29N3O2/c1-4-5-11-23(22(27)16(2)9-10-21(24)26-23)19-12-18(14-25-15-19)17-7-6-8-20(13-17)28-3/h6-8,12-16H,4-5,9-11H2,1-3H3,(H2,24,26). The van der Waals surface area contributed by atoms with Crippen LogP contribution in [0.15, 0.2) is 47.7 Å². The highest BCUT2D eigenvalue weighted by Gasteiger charge is 2.43. The number of hydrogen-bond acceptors (Lipinski definition) is 5. The Bertz CT molecular complexity index is 878. The molecule has 0 saturated carbocycles. The summed E-state index contributed by atoms with van der Waals surface area (Å²) >= 11 is 0. The molecule has 0 saturated heterocycles. The maximum Gasteiger partial charge on any atom is 0.167 e. The fourth-order valence-electron chi connectivity index (χ4n) is 3.85. The van der Waals surface area contributed by atoms with Gasteiger partial charge < -0.3 is 10.5 Å². The Kier molecular flexibility index (Phi) is 6.12. The molecule has 0 amide bonds. The van der Waals surface area contributed by atoms with Gasteiger partial charge in [0.15, 0.2) is 5.78 Å². The van der Waals surface area contributed by atoms with Crippen molar-refractivity contribution < 1.29 is 9.53 Å². The molecule has 2 unspecified atom stereocenters. The number of nitrogens with zero attached hydrogens (tertiary/aromatic N) is 2. The molecule has 5 nitrogen and oxygen atoms in total. The van der Waals surface area contributed by atoms with E-state index in [4.69, 9.17) is 15.5 Å². The topological polar surface area (TPSA) is 77.6 Å². The number of rotatable bonds is 6. The fraction of sp³-hybridized carbons (Fsp3) is 0.435. The van der Waals surface area contributed by atoms with Gasteiger partial charge in [-0.15, -0.1) is 0 Å². The van der Waals surface area contributed by atoms with Gasteiger partial charge in [-0.1, -0.05) is 38.8 Å². The Labute approximate surface area is 167 Å². The largest absolute Gasteiger partial charge is 0.497 e. The summed E-state index contributed by atoms with van der Waals surface area (Å²) in [5, 5.41) is 0. The van der Waals surface area contributed by atoms with Crippen molar-refractivity contribution in [2.24, 2.45) is 16.6 Å². The SMILES string of the molecule is CCCCC1(c2cncc(-c3cccc(OC)c3)c2)N=C(N)CCC(C)C1=O. The summed E-state index contributed by atoms with van der Waals surface area (Å²) < 4.78 is 5.34. The van der Waals surface area contributed by atoms with E-state index >= 15 is 0 Å². The molecule has 2 heterocycles. The third kappa shape index (κ3) is 3.93. The van der Waals surface area contributed by atoms with E-state index in [0.717, 1.165) is 41.7 Å². The van der Waals surface area contributed by atoms with Crippen molar-refractivity contribution >= 4 is 11.6 Å². The maximum absolute atomic E-state index is 13.5. The van der Waals surface area contributed by atoms with Gasteiger partial charge in [0.1, 0.15) is 11.3 Å². The third-order valence-electron chi connectivity index (χ3n) is 5.53. The quantitative estimate of drug-likeness (QED) is 0.802. The van der Waals surface area contributed by atoms with Crippen LogP contribution in [0.3, 0.4) is 0 Å².